The monoisotopic (exact) mass is 270 g/mol. The lowest BCUT2D eigenvalue weighted by molar-refractivity contribution is -0.143. The van der Waals surface area contributed by atoms with Crippen molar-refractivity contribution in [2.45, 2.75) is 65.3 Å². The summed E-state index contributed by atoms with van der Waals surface area (Å²) in [5.41, 5.74) is 5.29. The van der Waals surface area contributed by atoms with Crippen LogP contribution in [0.5, 0.6) is 0 Å². The van der Waals surface area contributed by atoms with Gasteiger partial charge in [-0.15, -0.1) is 0 Å². The molecule has 18 heavy (non-hydrogen) atoms. The lowest BCUT2D eigenvalue weighted by Gasteiger charge is -2.44. The fourth-order valence-electron chi connectivity index (χ4n) is 2.50. The number of hydrogen-bond donors (Lipinski definition) is 1. The Morgan fingerprint density at radius 3 is 2.33 bits per heavy atom. The summed E-state index contributed by atoms with van der Waals surface area (Å²) in [5.74, 6) is 0.160. The summed E-state index contributed by atoms with van der Waals surface area (Å²) in [5, 5.41) is 0. The van der Waals surface area contributed by atoms with Crippen LogP contribution in [0.2, 0.25) is 0 Å². The van der Waals surface area contributed by atoms with Gasteiger partial charge < -0.3 is 10.6 Å². The average molecular weight is 270 g/mol. The maximum absolute atomic E-state index is 12.7. The molecule has 4 heteroatoms. The van der Waals surface area contributed by atoms with Crippen molar-refractivity contribution < 1.29 is 4.79 Å². The smallest absolute Gasteiger partial charge is 0.235 e. The molecule has 3 nitrogen and oxygen atoms in total. The Balaban J connectivity index is 2.72. The van der Waals surface area contributed by atoms with E-state index in [4.69, 9.17) is 18.0 Å². The van der Waals surface area contributed by atoms with Crippen LogP contribution in [0.1, 0.15) is 59.3 Å². The summed E-state index contributed by atoms with van der Waals surface area (Å²) in [4.78, 5) is 15.0. The third-order valence-electron chi connectivity index (χ3n) is 3.97. The maximum Gasteiger partial charge on any atom is 0.235 e. The summed E-state index contributed by atoms with van der Waals surface area (Å²) in [7, 11) is 0. The molecule has 0 saturated heterocycles. The number of hydrogen-bond acceptors (Lipinski definition) is 2. The standard InChI is InChI=1S/C14H26N2OS/c1-4-5-6-10-16(11(2)3)13(17)14(12(15)18)8-7-9-14/h11H,4-10H2,1-3H3,(H2,15,18). The normalized spacial score (nSPS) is 17.3. The fraction of sp³-hybridized carbons (Fsp3) is 0.857. The van der Waals surface area contributed by atoms with Gasteiger partial charge in [-0.25, -0.2) is 0 Å². The molecule has 104 valence electrons. The van der Waals surface area contributed by atoms with E-state index in [1.165, 1.54) is 6.42 Å². The van der Waals surface area contributed by atoms with Crippen LogP contribution in [0.4, 0.5) is 0 Å². The molecule has 0 bridgehead atoms. The first-order chi connectivity index (χ1) is 8.45. The molecule has 0 atom stereocenters. The lowest BCUT2D eigenvalue weighted by atomic mass is 9.67. The Labute approximate surface area is 116 Å². The van der Waals surface area contributed by atoms with Crippen molar-refractivity contribution in [3.63, 3.8) is 0 Å². The van der Waals surface area contributed by atoms with Crippen molar-refractivity contribution in [3.8, 4) is 0 Å². The number of rotatable bonds is 7. The Bertz CT molecular complexity index is 311. The quantitative estimate of drug-likeness (QED) is 0.571. The van der Waals surface area contributed by atoms with Gasteiger partial charge in [0.2, 0.25) is 5.91 Å². The van der Waals surface area contributed by atoms with Gasteiger partial charge in [-0.3, -0.25) is 4.79 Å². The number of unbranched alkanes of at least 4 members (excludes halogenated alkanes) is 2. The van der Waals surface area contributed by atoms with Gasteiger partial charge in [0.05, 0.1) is 10.4 Å². The van der Waals surface area contributed by atoms with Crippen molar-refractivity contribution in [1.29, 1.82) is 0 Å². The second-order valence-corrected chi connectivity index (χ2v) is 6.04. The zero-order chi connectivity index (χ0) is 13.8. The first-order valence-electron chi connectivity index (χ1n) is 7.06. The second-order valence-electron chi connectivity index (χ2n) is 5.60. The van der Waals surface area contributed by atoms with Crippen LogP contribution in [0, 0.1) is 5.41 Å². The Morgan fingerprint density at radius 1 is 1.39 bits per heavy atom. The zero-order valence-corrected chi connectivity index (χ0v) is 12.7. The molecule has 0 aromatic rings. The van der Waals surface area contributed by atoms with Gasteiger partial charge in [-0.1, -0.05) is 38.4 Å². The molecule has 1 aliphatic carbocycles. The largest absolute Gasteiger partial charge is 0.392 e. The molecule has 0 unspecified atom stereocenters. The molecule has 0 spiro atoms. The van der Waals surface area contributed by atoms with E-state index in [0.717, 1.165) is 38.6 Å². The molecular weight excluding hydrogens is 244 g/mol. The molecule has 1 amide bonds. The highest BCUT2D eigenvalue weighted by Gasteiger charge is 2.49. The molecule has 0 aromatic carbocycles. The number of carbonyl (C=O) groups excluding carboxylic acids is 1. The minimum atomic E-state index is -0.522. The third kappa shape index (κ3) is 3.02. The number of amides is 1. The predicted octanol–water partition coefficient (Wildman–Crippen LogP) is 2.87. The highest BCUT2D eigenvalue weighted by atomic mass is 32.1. The topological polar surface area (TPSA) is 46.3 Å². The van der Waals surface area contributed by atoms with Gasteiger partial charge in [0.25, 0.3) is 0 Å². The van der Waals surface area contributed by atoms with Crippen molar-refractivity contribution in [1.82, 2.24) is 4.90 Å². The SMILES string of the molecule is CCCCCN(C(=O)C1(C(N)=S)CCC1)C(C)C. The molecule has 0 aliphatic heterocycles. The lowest BCUT2D eigenvalue weighted by Crippen LogP contribution is -2.56. The van der Waals surface area contributed by atoms with E-state index in [-0.39, 0.29) is 11.9 Å². The molecule has 0 aromatic heterocycles. The fourth-order valence-corrected chi connectivity index (χ4v) is 2.79. The van der Waals surface area contributed by atoms with Crippen molar-refractivity contribution in [3.05, 3.63) is 0 Å². The van der Waals surface area contributed by atoms with E-state index in [0.29, 0.717) is 4.99 Å². The van der Waals surface area contributed by atoms with Gasteiger partial charge in [0.1, 0.15) is 0 Å². The number of carbonyl (C=O) groups is 1. The minimum absolute atomic E-state index is 0.160. The summed E-state index contributed by atoms with van der Waals surface area (Å²) in [6, 6.07) is 0.223. The minimum Gasteiger partial charge on any atom is -0.392 e. The van der Waals surface area contributed by atoms with Gasteiger partial charge in [-0.05, 0) is 33.1 Å². The molecule has 1 rings (SSSR count). The highest BCUT2D eigenvalue weighted by Crippen LogP contribution is 2.43. The van der Waals surface area contributed by atoms with Crippen LogP contribution < -0.4 is 5.73 Å². The van der Waals surface area contributed by atoms with Crippen LogP contribution >= 0.6 is 12.2 Å². The second kappa shape index (κ2) is 6.50. The molecule has 0 heterocycles. The molecule has 1 fully saturated rings. The third-order valence-corrected chi connectivity index (χ3v) is 4.37. The first kappa shape index (κ1) is 15.4. The average Bonchev–Trinajstić information content (AvgIpc) is 2.21. The van der Waals surface area contributed by atoms with E-state index >= 15 is 0 Å². The van der Waals surface area contributed by atoms with E-state index in [1.807, 2.05) is 4.90 Å². The number of nitrogens with two attached hydrogens (primary N) is 1. The van der Waals surface area contributed by atoms with Crippen molar-refractivity contribution in [2.24, 2.45) is 11.1 Å². The number of thiocarbonyl (C=S) groups is 1. The van der Waals surface area contributed by atoms with Gasteiger partial charge in [0.15, 0.2) is 0 Å². The van der Waals surface area contributed by atoms with E-state index in [1.54, 1.807) is 0 Å². The molecule has 1 aliphatic rings. The van der Waals surface area contributed by atoms with Gasteiger partial charge in [-0.2, -0.15) is 0 Å². The zero-order valence-electron chi connectivity index (χ0n) is 11.9. The summed E-state index contributed by atoms with van der Waals surface area (Å²) in [6.07, 6.45) is 6.12. The van der Waals surface area contributed by atoms with Crippen molar-refractivity contribution >= 4 is 23.1 Å². The molecule has 1 saturated carbocycles. The summed E-state index contributed by atoms with van der Waals surface area (Å²) in [6.45, 7) is 7.13. The summed E-state index contributed by atoms with van der Waals surface area (Å²) >= 11 is 5.13. The molecular formula is C14H26N2OS. The predicted molar refractivity (Wildman–Crippen MR) is 79.4 cm³/mol. The van der Waals surface area contributed by atoms with Crippen LogP contribution in [-0.4, -0.2) is 28.4 Å². The highest BCUT2D eigenvalue weighted by molar-refractivity contribution is 7.80. The Hall–Kier alpha value is -0.640. The molecule has 0 radical (unpaired) electrons. The Morgan fingerprint density at radius 2 is 2.00 bits per heavy atom. The van der Waals surface area contributed by atoms with Crippen LogP contribution in [0.3, 0.4) is 0 Å². The Kier molecular flexibility index (Phi) is 5.57. The van der Waals surface area contributed by atoms with E-state index in [2.05, 4.69) is 20.8 Å². The van der Waals surface area contributed by atoms with Gasteiger partial charge in [0, 0.05) is 12.6 Å². The van der Waals surface area contributed by atoms with Crippen LogP contribution in [0.25, 0.3) is 0 Å². The van der Waals surface area contributed by atoms with E-state index < -0.39 is 5.41 Å². The first-order valence-corrected chi connectivity index (χ1v) is 7.47. The van der Waals surface area contributed by atoms with Crippen LogP contribution in [0.15, 0.2) is 0 Å². The maximum atomic E-state index is 12.7. The summed E-state index contributed by atoms with van der Waals surface area (Å²) < 4.78 is 0. The molecule has 2 N–H and O–H groups in total. The van der Waals surface area contributed by atoms with Crippen molar-refractivity contribution in [2.75, 3.05) is 6.54 Å². The van der Waals surface area contributed by atoms with E-state index in [9.17, 15) is 4.79 Å². The van der Waals surface area contributed by atoms with Crippen LogP contribution in [-0.2, 0) is 4.79 Å². The van der Waals surface area contributed by atoms with Gasteiger partial charge >= 0.3 is 0 Å². The number of nitrogens with zero attached hydrogens (tertiary/aromatic N) is 1.